The number of hydrogen-bond acceptors (Lipinski definition) is 3. The van der Waals surface area contributed by atoms with E-state index >= 15 is 0 Å². The van der Waals surface area contributed by atoms with Gasteiger partial charge < -0.3 is 4.74 Å². The fraction of sp³-hybridized carbons (Fsp3) is 0.786. The van der Waals surface area contributed by atoms with Gasteiger partial charge in [0.05, 0.1) is 0 Å². The number of carbonyl (C=O) groups excluding carboxylic acids is 1. The van der Waals surface area contributed by atoms with E-state index in [0.29, 0.717) is 0 Å². The van der Waals surface area contributed by atoms with Gasteiger partial charge in [-0.15, -0.1) is 4.94 Å². The lowest BCUT2D eigenvalue weighted by atomic mass is 9.86. The molecule has 0 aliphatic heterocycles. The Morgan fingerprint density at radius 1 is 0.475 bits per heavy atom. The summed E-state index contributed by atoms with van der Waals surface area (Å²) < 4.78 is 305. The highest BCUT2D eigenvalue weighted by Crippen LogP contribution is 2.67. The standard InChI is InChI=1S/C14H3F23O3/c1-2-3(38)39-14(35,36)12(31,40-37)10(27,28)8(23,24)6(19,20)4(15,16)5(17,18)7(21,22)9(25,26)11(29,30)13(32,33)34/h2H,1H2. The van der Waals surface area contributed by atoms with Gasteiger partial charge in [0.1, 0.15) is 0 Å². The molecule has 0 saturated carbocycles. The first-order valence-corrected chi connectivity index (χ1v) is 8.33. The molecule has 0 bridgehead atoms. The van der Waals surface area contributed by atoms with Crippen LogP contribution in [0.4, 0.5) is 101 Å². The number of rotatable bonds is 12. The first-order valence-electron chi connectivity index (χ1n) is 8.33. The molecule has 0 rings (SSSR count). The maximum absolute atomic E-state index is 13.8. The Bertz CT molecular complexity index is 964. The van der Waals surface area contributed by atoms with Gasteiger partial charge in [0.2, 0.25) is 0 Å². The molecule has 40 heavy (non-hydrogen) atoms. The molecule has 1 unspecified atom stereocenters. The van der Waals surface area contributed by atoms with Gasteiger partial charge in [-0.25, -0.2) is 4.79 Å². The smallest absolute Gasteiger partial charge is 0.393 e. The van der Waals surface area contributed by atoms with E-state index in [-0.39, 0.29) is 0 Å². The molecule has 0 fully saturated rings. The van der Waals surface area contributed by atoms with Crippen LogP contribution in [0.2, 0.25) is 0 Å². The van der Waals surface area contributed by atoms with Gasteiger partial charge in [0.15, 0.2) is 0 Å². The predicted octanol–water partition coefficient (Wildman–Crippen LogP) is 7.52. The van der Waals surface area contributed by atoms with Crippen LogP contribution in [-0.2, 0) is 14.5 Å². The van der Waals surface area contributed by atoms with Crippen LogP contribution in [0.1, 0.15) is 0 Å². The highest BCUT2D eigenvalue weighted by atomic mass is 19.4. The highest BCUT2D eigenvalue weighted by molar-refractivity contribution is 5.81. The molecular formula is C14H3F23O3. The third-order valence-electron chi connectivity index (χ3n) is 4.40. The largest absolute Gasteiger partial charge is 0.471 e. The quantitative estimate of drug-likeness (QED) is 0.124. The van der Waals surface area contributed by atoms with Gasteiger partial charge in [-0.2, -0.15) is 96.6 Å². The summed E-state index contributed by atoms with van der Waals surface area (Å²) >= 11 is 0. The molecule has 1 atom stereocenters. The minimum absolute atomic E-state index is 0.634. The molecule has 0 spiro atoms. The second-order valence-electron chi connectivity index (χ2n) is 6.91. The van der Waals surface area contributed by atoms with E-state index < -0.39 is 77.6 Å². The second kappa shape index (κ2) is 9.55. The van der Waals surface area contributed by atoms with Crippen molar-refractivity contribution in [3.8, 4) is 0 Å². The number of alkyl halides is 22. The maximum atomic E-state index is 13.8. The minimum atomic E-state index is -9.49. The third kappa shape index (κ3) is 4.46. The summed E-state index contributed by atoms with van der Waals surface area (Å²) in [6, 6.07) is 0. The summed E-state index contributed by atoms with van der Waals surface area (Å²) in [7, 11) is 0. The number of halogens is 23. The summed E-state index contributed by atoms with van der Waals surface area (Å²) in [5.41, 5.74) is 0. The van der Waals surface area contributed by atoms with Crippen LogP contribution in [0.3, 0.4) is 0 Å². The Morgan fingerprint density at radius 2 is 0.725 bits per heavy atom. The molecular weight excluding hydrogens is 653 g/mol. The van der Waals surface area contributed by atoms with Crippen LogP contribution in [0.25, 0.3) is 0 Å². The lowest BCUT2D eigenvalue weighted by molar-refractivity contribution is -0.518. The molecule has 0 aliphatic carbocycles. The van der Waals surface area contributed by atoms with Crippen molar-refractivity contribution in [3.05, 3.63) is 12.7 Å². The highest BCUT2D eigenvalue weighted by Gasteiger charge is 2.99. The van der Waals surface area contributed by atoms with Gasteiger partial charge in [-0.05, 0) is 4.53 Å². The van der Waals surface area contributed by atoms with E-state index in [4.69, 9.17) is 0 Å². The van der Waals surface area contributed by atoms with Crippen molar-refractivity contribution in [2.45, 2.75) is 65.5 Å². The van der Waals surface area contributed by atoms with Crippen LogP contribution in [0, 0.1) is 0 Å². The molecule has 0 heterocycles. The Kier molecular flexibility index (Phi) is 8.97. The molecule has 0 aliphatic rings. The molecule has 26 heteroatoms. The van der Waals surface area contributed by atoms with Gasteiger partial charge in [0.25, 0.3) is 0 Å². The predicted molar refractivity (Wildman–Crippen MR) is 72.9 cm³/mol. The summed E-state index contributed by atoms with van der Waals surface area (Å²) in [5.74, 6) is -84.5. The SMILES string of the molecule is C=CC(=O)OC(F)(F)C(F)(OF)C(F)(F)C(F)(F)C(F)(F)C(F)(F)C(F)(F)C(F)(F)C(F)(F)C(F)(F)C(F)(F)F. The van der Waals surface area contributed by atoms with Crippen LogP contribution >= 0.6 is 0 Å². The van der Waals surface area contributed by atoms with Crippen LogP contribution in [0.15, 0.2) is 12.7 Å². The second-order valence-corrected chi connectivity index (χ2v) is 6.91. The van der Waals surface area contributed by atoms with Gasteiger partial charge in [-0.3, -0.25) is 0 Å². The van der Waals surface area contributed by atoms with Crippen LogP contribution in [0.5, 0.6) is 0 Å². The summed E-state index contributed by atoms with van der Waals surface area (Å²) in [5, 5.41) is 0. The molecule has 0 saturated heterocycles. The number of esters is 1. The molecule has 238 valence electrons. The zero-order valence-electron chi connectivity index (χ0n) is 17.2. The Balaban J connectivity index is 7.33. The van der Waals surface area contributed by atoms with Gasteiger partial charge in [0, 0.05) is 6.08 Å². The Morgan fingerprint density at radius 3 is 0.950 bits per heavy atom. The average molecular weight is 656 g/mol. The molecule has 0 aromatic rings. The van der Waals surface area contributed by atoms with Crippen molar-refractivity contribution in [2.24, 2.45) is 0 Å². The minimum Gasteiger partial charge on any atom is -0.393 e. The van der Waals surface area contributed by atoms with E-state index in [1.54, 1.807) is 0 Å². The molecule has 0 aromatic carbocycles. The van der Waals surface area contributed by atoms with Crippen LogP contribution < -0.4 is 0 Å². The van der Waals surface area contributed by atoms with E-state index in [2.05, 4.69) is 11.3 Å². The van der Waals surface area contributed by atoms with Crippen molar-refractivity contribution in [3.63, 3.8) is 0 Å². The Labute approximate surface area is 201 Å². The average Bonchev–Trinajstić information content (AvgIpc) is 2.75. The van der Waals surface area contributed by atoms with Crippen molar-refractivity contribution in [1.82, 2.24) is 0 Å². The number of carbonyl (C=O) groups is 1. The van der Waals surface area contributed by atoms with E-state index in [1.807, 2.05) is 0 Å². The third-order valence-corrected chi connectivity index (χ3v) is 4.40. The summed E-state index contributed by atoms with van der Waals surface area (Å²) in [6.45, 7) is 2.18. The first-order chi connectivity index (χ1) is 17.0. The Hall–Kier alpha value is -2.44. The molecule has 3 nitrogen and oxygen atoms in total. The van der Waals surface area contributed by atoms with Gasteiger partial charge in [-0.1, -0.05) is 6.58 Å². The normalized spacial score (nSPS) is 17.4. The molecule has 0 radical (unpaired) electrons. The topological polar surface area (TPSA) is 35.5 Å². The summed E-state index contributed by atoms with van der Waals surface area (Å²) in [6.07, 6.45) is -16.2. The number of hydrogen-bond donors (Lipinski definition) is 0. The monoisotopic (exact) mass is 656 g/mol. The molecule has 0 N–H and O–H groups in total. The molecule has 0 aromatic heterocycles. The zero-order valence-corrected chi connectivity index (χ0v) is 17.2. The van der Waals surface area contributed by atoms with Crippen molar-refractivity contribution >= 4 is 5.97 Å². The lowest BCUT2D eigenvalue weighted by Crippen LogP contribution is -2.78. The van der Waals surface area contributed by atoms with E-state index in [0.717, 1.165) is 4.94 Å². The number of ether oxygens (including phenoxy) is 1. The fourth-order valence-electron chi connectivity index (χ4n) is 2.07. The lowest BCUT2D eigenvalue weighted by Gasteiger charge is -2.45. The van der Waals surface area contributed by atoms with Crippen molar-refractivity contribution < 1.29 is 116 Å². The van der Waals surface area contributed by atoms with Gasteiger partial charge >= 0.3 is 71.5 Å². The van der Waals surface area contributed by atoms with Crippen molar-refractivity contribution in [2.75, 3.05) is 0 Å². The summed E-state index contributed by atoms with van der Waals surface area (Å²) in [4.78, 5) is 11.5. The van der Waals surface area contributed by atoms with E-state index in [1.165, 1.54) is 0 Å². The van der Waals surface area contributed by atoms with E-state index in [9.17, 15) is 106 Å². The first kappa shape index (κ1) is 37.6. The van der Waals surface area contributed by atoms with Crippen LogP contribution in [-0.4, -0.2) is 71.5 Å². The van der Waals surface area contributed by atoms with Crippen molar-refractivity contribution in [1.29, 1.82) is 0 Å². The molecule has 0 amide bonds. The zero-order chi connectivity index (χ0) is 33.2. The fourth-order valence-corrected chi connectivity index (χ4v) is 2.07. The maximum Gasteiger partial charge on any atom is 0.471 e.